The van der Waals surface area contributed by atoms with Gasteiger partial charge < -0.3 is 19.4 Å². The highest BCUT2D eigenvalue weighted by atomic mass is 16.5. The molecule has 2 amide bonds. The molecule has 0 saturated carbocycles. The predicted molar refractivity (Wildman–Crippen MR) is 165 cm³/mol. The van der Waals surface area contributed by atoms with Gasteiger partial charge in [-0.3, -0.25) is 25.2 Å². The Balaban J connectivity index is 1.34. The van der Waals surface area contributed by atoms with Crippen LogP contribution in [0.2, 0.25) is 0 Å². The van der Waals surface area contributed by atoms with E-state index in [2.05, 4.69) is 20.2 Å². The molecule has 1 aliphatic rings. The van der Waals surface area contributed by atoms with Crippen molar-refractivity contribution in [1.82, 2.24) is 25.2 Å². The molecule has 0 spiro atoms. The molecule has 0 radical (unpaired) electrons. The van der Waals surface area contributed by atoms with Crippen LogP contribution in [0.1, 0.15) is 53.6 Å². The highest BCUT2D eigenvalue weighted by Crippen LogP contribution is 2.28. The van der Waals surface area contributed by atoms with E-state index in [1.54, 1.807) is 62.5 Å². The van der Waals surface area contributed by atoms with E-state index in [0.29, 0.717) is 28.9 Å². The smallest absolute Gasteiger partial charge is 0.412 e. The Hall–Kier alpha value is -5.10. The second-order valence-corrected chi connectivity index (χ2v) is 10.2. The number of alkyl carbamates (subject to hydrolysis) is 1. The third kappa shape index (κ3) is 6.92. The molecule has 0 aliphatic carbocycles. The number of hydrogen-bond acceptors (Lipinski definition) is 9. The molecule has 2 aromatic heterocycles. The normalized spacial score (nSPS) is 14.0. The molecular formula is C32H35N7O5. The van der Waals surface area contributed by atoms with Crippen LogP contribution in [-0.4, -0.2) is 64.6 Å². The van der Waals surface area contributed by atoms with Crippen LogP contribution in [0.4, 0.5) is 10.6 Å². The Morgan fingerprint density at radius 2 is 1.82 bits per heavy atom. The van der Waals surface area contributed by atoms with E-state index in [4.69, 9.17) is 19.9 Å². The number of nitrogens with zero attached hydrogens (tertiary/aromatic N) is 4. The Bertz CT molecular complexity index is 1650. The Kier molecular flexibility index (Phi) is 9.60. The van der Waals surface area contributed by atoms with Gasteiger partial charge in [-0.15, -0.1) is 0 Å². The molecule has 0 bridgehead atoms. The maximum Gasteiger partial charge on any atom is 0.412 e. The summed E-state index contributed by atoms with van der Waals surface area (Å²) in [5.74, 6) is 0.644. The second kappa shape index (κ2) is 13.9. The first-order valence-electron chi connectivity index (χ1n) is 14.6. The van der Waals surface area contributed by atoms with Crippen molar-refractivity contribution in [3.8, 4) is 0 Å². The molecule has 2 aromatic carbocycles. The molecule has 12 nitrogen and oxygen atoms in total. The fourth-order valence-corrected chi connectivity index (χ4v) is 5.20. The summed E-state index contributed by atoms with van der Waals surface area (Å²) in [5, 5.41) is 14.1. The van der Waals surface area contributed by atoms with Crippen LogP contribution in [-0.2, 0) is 27.2 Å². The molecule has 1 atom stereocenters. The van der Waals surface area contributed by atoms with E-state index in [1.165, 1.54) is 4.90 Å². The van der Waals surface area contributed by atoms with Crippen molar-refractivity contribution < 1.29 is 23.9 Å². The first-order chi connectivity index (χ1) is 21.4. The van der Waals surface area contributed by atoms with Gasteiger partial charge in [-0.2, -0.15) is 0 Å². The van der Waals surface area contributed by atoms with Gasteiger partial charge in [-0.25, -0.2) is 14.8 Å². The van der Waals surface area contributed by atoms with Gasteiger partial charge in [0.2, 0.25) is 0 Å². The fraction of sp³-hybridized carbons (Fsp3) is 0.312. The molecule has 1 unspecified atom stereocenters. The largest absolute Gasteiger partial charge is 0.466 e. The minimum absolute atomic E-state index is 0.0274. The van der Waals surface area contributed by atoms with E-state index in [0.717, 1.165) is 30.0 Å². The summed E-state index contributed by atoms with van der Waals surface area (Å²) in [6.07, 6.45) is 1.67. The van der Waals surface area contributed by atoms with E-state index < -0.39 is 6.09 Å². The molecule has 0 fully saturated rings. The maximum atomic E-state index is 13.7. The number of anilines is 1. The Morgan fingerprint density at radius 1 is 1.05 bits per heavy atom. The number of aromatic nitrogens is 3. The number of hydrogen-bond donors (Lipinski definition) is 3. The predicted octanol–water partition coefficient (Wildman–Crippen LogP) is 3.99. The molecule has 12 heteroatoms. The van der Waals surface area contributed by atoms with Crippen LogP contribution in [0.5, 0.6) is 0 Å². The topological polar surface area (TPSA) is 152 Å². The van der Waals surface area contributed by atoms with E-state index in [9.17, 15) is 14.4 Å². The summed E-state index contributed by atoms with van der Waals surface area (Å²) >= 11 is 0. The summed E-state index contributed by atoms with van der Waals surface area (Å²) in [6.45, 7) is 5.60. The summed E-state index contributed by atoms with van der Waals surface area (Å²) in [5.41, 5.74) is 3.71. The zero-order valence-electron chi connectivity index (χ0n) is 24.7. The van der Waals surface area contributed by atoms with Gasteiger partial charge in [0.15, 0.2) is 0 Å². The van der Waals surface area contributed by atoms with E-state index >= 15 is 0 Å². The number of nitrogens with one attached hydrogen (secondary N) is 3. The molecule has 3 heterocycles. The number of carbonyl (C=O) groups excluding carboxylic acids is 3. The first-order valence-corrected chi connectivity index (χ1v) is 14.6. The first kappa shape index (κ1) is 30.4. The minimum atomic E-state index is -0.655. The number of amidine groups is 1. The van der Waals surface area contributed by atoms with E-state index in [1.807, 2.05) is 18.2 Å². The highest BCUT2D eigenvalue weighted by Gasteiger charge is 2.26. The fourth-order valence-electron chi connectivity index (χ4n) is 5.20. The third-order valence-electron chi connectivity index (χ3n) is 7.26. The number of benzene rings is 2. The van der Waals surface area contributed by atoms with Gasteiger partial charge in [-0.1, -0.05) is 30.3 Å². The Morgan fingerprint density at radius 3 is 2.55 bits per heavy atom. The molecule has 1 aliphatic heterocycles. The van der Waals surface area contributed by atoms with Crippen molar-refractivity contribution in [2.24, 2.45) is 0 Å². The molecule has 0 saturated heterocycles. The lowest BCUT2D eigenvalue weighted by Crippen LogP contribution is -2.35. The third-order valence-corrected chi connectivity index (χ3v) is 7.26. The van der Waals surface area contributed by atoms with Gasteiger partial charge in [0.25, 0.3) is 5.91 Å². The van der Waals surface area contributed by atoms with Crippen LogP contribution in [0.15, 0.2) is 66.9 Å². The molecular weight excluding hydrogens is 562 g/mol. The standard InChI is InChI=1S/C32H35N7O5/c1-3-43-28(40)14-17-39(27-7-5-6-15-35-27)31(41)23-12-13-26-24(20-23)36-30-25(34-16-18-38(26)30)19-21-8-10-22(11-9-21)29(33)37-32(42)44-4-2/h5-13,15,20,25,34H,3-4,14,16-19H2,1-2H3,(H2,33,37,42). The lowest BCUT2D eigenvalue weighted by molar-refractivity contribution is -0.142. The van der Waals surface area contributed by atoms with Crippen LogP contribution in [0, 0.1) is 5.41 Å². The molecule has 228 valence electrons. The molecule has 44 heavy (non-hydrogen) atoms. The number of ether oxygens (including phenoxy) is 2. The maximum absolute atomic E-state index is 13.7. The lowest BCUT2D eigenvalue weighted by atomic mass is 10.0. The van der Waals surface area contributed by atoms with Crippen LogP contribution in [0.3, 0.4) is 0 Å². The number of rotatable bonds is 10. The summed E-state index contributed by atoms with van der Waals surface area (Å²) < 4.78 is 12.1. The van der Waals surface area contributed by atoms with E-state index in [-0.39, 0.29) is 49.9 Å². The number of fused-ring (bicyclic) bond motifs is 3. The summed E-state index contributed by atoms with van der Waals surface area (Å²) in [6, 6.07) is 18.2. The minimum Gasteiger partial charge on any atom is -0.466 e. The Labute approximate surface area is 254 Å². The molecule has 5 rings (SSSR count). The van der Waals surface area contributed by atoms with Crippen molar-refractivity contribution in [3.63, 3.8) is 0 Å². The zero-order valence-corrected chi connectivity index (χ0v) is 24.7. The van der Waals surface area contributed by atoms with Crippen LogP contribution in [0.25, 0.3) is 11.0 Å². The SMILES string of the molecule is CCOC(=O)CCN(C(=O)c1ccc2c(c1)nc1n2CCNC1Cc1ccc(C(=N)NC(=O)OCC)cc1)c1ccccn1. The number of esters is 1. The molecule has 3 N–H and O–H groups in total. The molecule has 4 aromatic rings. The number of carbonyl (C=O) groups is 3. The van der Waals surface area contributed by atoms with Gasteiger partial charge >= 0.3 is 12.1 Å². The average molecular weight is 598 g/mol. The van der Waals surface area contributed by atoms with Crippen molar-refractivity contribution in [2.45, 2.75) is 39.3 Å². The van der Waals surface area contributed by atoms with Gasteiger partial charge in [0, 0.05) is 37.0 Å². The van der Waals surface area contributed by atoms with Gasteiger partial charge in [-0.05, 0) is 56.2 Å². The van der Waals surface area contributed by atoms with Gasteiger partial charge in [0.05, 0.1) is 36.7 Å². The number of imidazole rings is 1. The number of amides is 2. The number of pyridine rings is 1. The van der Waals surface area contributed by atoms with Crippen molar-refractivity contribution in [2.75, 3.05) is 31.2 Å². The van der Waals surface area contributed by atoms with Crippen LogP contribution >= 0.6 is 0 Å². The van der Waals surface area contributed by atoms with Crippen molar-refractivity contribution in [1.29, 1.82) is 5.41 Å². The van der Waals surface area contributed by atoms with Crippen molar-refractivity contribution >= 4 is 40.7 Å². The van der Waals surface area contributed by atoms with Crippen LogP contribution < -0.4 is 15.5 Å². The summed E-state index contributed by atoms with van der Waals surface area (Å²) in [7, 11) is 0. The lowest BCUT2D eigenvalue weighted by Gasteiger charge is -2.25. The van der Waals surface area contributed by atoms with Gasteiger partial charge in [0.1, 0.15) is 17.5 Å². The quantitative estimate of drug-likeness (QED) is 0.141. The highest BCUT2D eigenvalue weighted by molar-refractivity contribution is 6.07. The van der Waals surface area contributed by atoms with Crippen molar-refractivity contribution in [3.05, 3.63) is 89.4 Å². The monoisotopic (exact) mass is 597 g/mol. The second-order valence-electron chi connectivity index (χ2n) is 10.2. The zero-order chi connectivity index (χ0) is 31.1. The average Bonchev–Trinajstić information content (AvgIpc) is 3.41. The summed E-state index contributed by atoms with van der Waals surface area (Å²) in [4.78, 5) is 48.2.